The summed E-state index contributed by atoms with van der Waals surface area (Å²) in [6.45, 7) is 8.18. The van der Waals surface area contributed by atoms with Crippen LogP contribution in [0, 0.1) is 6.92 Å². The summed E-state index contributed by atoms with van der Waals surface area (Å²) in [6.07, 6.45) is 3.82. The topological polar surface area (TPSA) is 33.2 Å². The molecular weight excluding hydrogens is 292 g/mol. The van der Waals surface area contributed by atoms with Gasteiger partial charge in [0.1, 0.15) is 0 Å². The predicted octanol–water partition coefficient (Wildman–Crippen LogP) is 3.67. The highest BCUT2D eigenvalue weighted by molar-refractivity contribution is 7.86. The fourth-order valence-corrected chi connectivity index (χ4v) is 5.19. The van der Waals surface area contributed by atoms with Gasteiger partial charge < -0.3 is 4.90 Å². The van der Waals surface area contributed by atoms with Crippen LogP contribution in [0.25, 0.3) is 10.9 Å². The quantitative estimate of drug-likeness (QED) is 0.866. The molecule has 1 atom stereocenters. The number of pyridine rings is 1. The zero-order valence-corrected chi connectivity index (χ0v) is 14.4. The van der Waals surface area contributed by atoms with Gasteiger partial charge in [-0.1, -0.05) is 25.5 Å². The standard InChI is InChI=1S/C18H24N2OS/c1-4-18(5-2)13-20(10-11-22(18)21)17-8-9-19-16-7-6-14(3)12-15(16)17/h6-9,12H,4-5,10-11,13H2,1-3H3. The lowest BCUT2D eigenvalue weighted by atomic mass is 10.00. The van der Waals surface area contributed by atoms with Gasteiger partial charge in [0.25, 0.3) is 0 Å². The molecule has 1 aliphatic heterocycles. The Morgan fingerprint density at radius 1 is 1.27 bits per heavy atom. The van der Waals surface area contributed by atoms with Crippen molar-refractivity contribution in [3.63, 3.8) is 0 Å². The van der Waals surface area contributed by atoms with Crippen molar-refractivity contribution < 1.29 is 4.21 Å². The summed E-state index contributed by atoms with van der Waals surface area (Å²) in [5.74, 6) is 0.761. The molecule has 2 heterocycles. The Morgan fingerprint density at radius 2 is 2.05 bits per heavy atom. The number of aromatic nitrogens is 1. The molecule has 3 rings (SSSR count). The number of hydrogen-bond donors (Lipinski definition) is 0. The van der Waals surface area contributed by atoms with E-state index in [-0.39, 0.29) is 4.75 Å². The third-order valence-corrected chi connectivity index (χ3v) is 7.24. The van der Waals surface area contributed by atoms with Gasteiger partial charge in [-0.25, -0.2) is 0 Å². The second-order valence-corrected chi connectivity index (χ2v) is 8.18. The molecule has 1 fully saturated rings. The summed E-state index contributed by atoms with van der Waals surface area (Å²) in [7, 11) is -0.727. The Hall–Kier alpha value is -1.42. The summed E-state index contributed by atoms with van der Waals surface area (Å²) >= 11 is 0. The van der Waals surface area contributed by atoms with E-state index in [0.29, 0.717) is 0 Å². The number of anilines is 1. The highest BCUT2D eigenvalue weighted by atomic mass is 32.2. The monoisotopic (exact) mass is 316 g/mol. The molecule has 0 bridgehead atoms. The molecule has 0 aliphatic carbocycles. The van der Waals surface area contributed by atoms with Crippen molar-refractivity contribution >= 4 is 27.4 Å². The summed E-state index contributed by atoms with van der Waals surface area (Å²) in [5.41, 5.74) is 3.52. The van der Waals surface area contributed by atoms with Crippen LogP contribution in [0.5, 0.6) is 0 Å². The Bertz CT molecular complexity index is 709. The van der Waals surface area contributed by atoms with Crippen molar-refractivity contribution in [1.82, 2.24) is 4.98 Å². The minimum atomic E-state index is -0.727. The predicted molar refractivity (Wildman–Crippen MR) is 95.0 cm³/mol. The highest BCUT2D eigenvalue weighted by Gasteiger charge is 2.39. The summed E-state index contributed by atoms with van der Waals surface area (Å²) in [6, 6.07) is 8.50. The molecule has 1 saturated heterocycles. The average molecular weight is 316 g/mol. The molecule has 0 spiro atoms. The molecule has 118 valence electrons. The van der Waals surface area contributed by atoms with Crippen LogP contribution in [0.15, 0.2) is 30.5 Å². The van der Waals surface area contributed by atoms with Gasteiger partial charge in [0, 0.05) is 46.9 Å². The third-order valence-electron chi connectivity index (χ3n) is 5.01. The van der Waals surface area contributed by atoms with E-state index in [1.54, 1.807) is 0 Å². The molecular formula is C18H24N2OS. The summed E-state index contributed by atoms with van der Waals surface area (Å²) in [4.78, 5) is 6.90. The molecule has 22 heavy (non-hydrogen) atoms. The Kier molecular flexibility index (Phi) is 4.22. The van der Waals surface area contributed by atoms with E-state index in [0.717, 1.165) is 37.2 Å². The normalized spacial score (nSPS) is 21.2. The van der Waals surface area contributed by atoms with Crippen molar-refractivity contribution in [3.05, 3.63) is 36.0 Å². The second kappa shape index (κ2) is 5.99. The molecule has 2 aromatic rings. The van der Waals surface area contributed by atoms with Crippen LogP contribution in [-0.2, 0) is 10.8 Å². The molecule has 1 aromatic heterocycles. The zero-order chi connectivity index (χ0) is 15.7. The molecule has 1 aliphatic rings. The van der Waals surface area contributed by atoms with Gasteiger partial charge in [0.05, 0.1) is 10.3 Å². The third kappa shape index (κ3) is 2.54. The molecule has 0 N–H and O–H groups in total. The van der Waals surface area contributed by atoms with Crippen LogP contribution in [0.2, 0.25) is 0 Å². The van der Waals surface area contributed by atoms with E-state index >= 15 is 0 Å². The van der Waals surface area contributed by atoms with E-state index in [4.69, 9.17) is 0 Å². The number of aryl methyl sites for hydroxylation is 1. The van der Waals surface area contributed by atoms with Crippen molar-refractivity contribution in [3.8, 4) is 0 Å². The first-order valence-corrected chi connectivity index (χ1v) is 9.40. The molecule has 0 radical (unpaired) electrons. The number of benzene rings is 1. The van der Waals surface area contributed by atoms with Crippen LogP contribution < -0.4 is 4.90 Å². The molecule has 1 aromatic carbocycles. The van der Waals surface area contributed by atoms with Gasteiger partial charge in [-0.2, -0.15) is 0 Å². The minimum Gasteiger partial charge on any atom is -0.369 e. The highest BCUT2D eigenvalue weighted by Crippen LogP contribution is 2.34. The summed E-state index contributed by atoms with van der Waals surface area (Å²) in [5, 5.41) is 1.20. The minimum absolute atomic E-state index is 0.0718. The molecule has 0 saturated carbocycles. The van der Waals surface area contributed by atoms with Crippen molar-refractivity contribution in [1.29, 1.82) is 0 Å². The lowest BCUT2D eigenvalue weighted by Crippen LogP contribution is -2.53. The van der Waals surface area contributed by atoms with E-state index in [1.165, 1.54) is 16.6 Å². The fourth-order valence-electron chi connectivity index (χ4n) is 3.43. The molecule has 1 unspecified atom stereocenters. The van der Waals surface area contributed by atoms with Crippen LogP contribution in [0.3, 0.4) is 0 Å². The van der Waals surface area contributed by atoms with Gasteiger partial charge >= 0.3 is 0 Å². The van der Waals surface area contributed by atoms with Gasteiger partial charge in [0.15, 0.2) is 0 Å². The van der Waals surface area contributed by atoms with Gasteiger partial charge in [-0.3, -0.25) is 9.19 Å². The van der Waals surface area contributed by atoms with Crippen molar-refractivity contribution in [2.75, 3.05) is 23.7 Å². The maximum atomic E-state index is 12.5. The maximum Gasteiger partial charge on any atom is 0.0722 e. The van der Waals surface area contributed by atoms with Crippen LogP contribution in [-0.4, -0.2) is 32.8 Å². The van der Waals surface area contributed by atoms with Crippen molar-refractivity contribution in [2.24, 2.45) is 0 Å². The first kappa shape index (κ1) is 15.5. The Balaban J connectivity index is 2.04. The molecule has 3 nitrogen and oxygen atoms in total. The number of hydrogen-bond acceptors (Lipinski definition) is 3. The van der Waals surface area contributed by atoms with Crippen LogP contribution in [0.4, 0.5) is 5.69 Å². The lowest BCUT2D eigenvalue weighted by Gasteiger charge is -2.42. The van der Waals surface area contributed by atoms with Crippen LogP contribution >= 0.6 is 0 Å². The number of rotatable bonds is 3. The first-order valence-electron chi connectivity index (χ1n) is 8.08. The van der Waals surface area contributed by atoms with Gasteiger partial charge in [-0.05, 0) is 38.0 Å². The molecule has 4 heteroatoms. The first-order chi connectivity index (χ1) is 10.6. The number of nitrogens with zero attached hydrogens (tertiary/aromatic N) is 2. The van der Waals surface area contributed by atoms with Crippen molar-refractivity contribution in [2.45, 2.75) is 38.4 Å². The number of fused-ring (bicyclic) bond motifs is 1. The smallest absolute Gasteiger partial charge is 0.0722 e. The van der Waals surface area contributed by atoms with E-state index < -0.39 is 10.8 Å². The second-order valence-electron chi connectivity index (χ2n) is 6.21. The SMILES string of the molecule is CCC1(CC)CN(c2ccnc3ccc(C)cc23)CCS1=O. The molecule has 0 amide bonds. The Labute approximate surface area is 135 Å². The van der Waals surface area contributed by atoms with E-state index in [1.807, 2.05) is 6.20 Å². The van der Waals surface area contributed by atoms with Gasteiger partial charge in [-0.15, -0.1) is 0 Å². The largest absolute Gasteiger partial charge is 0.369 e. The summed E-state index contributed by atoms with van der Waals surface area (Å²) < 4.78 is 12.5. The maximum absolute atomic E-state index is 12.5. The fraction of sp³-hybridized carbons (Fsp3) is 0.500. The van der Waals surface area contributed by atoms with E-state index in [2.05, 4.69) is 54.9 Å². The average Bonchev–Trinajstić information content (AvgIpc) is 2.55. The van der Waals surface area contributed by atoms with Gasteiger partial charge in [0.2, 0.25) is 0 Å². The Morgan fingerprint density at radius 3 is 2.77 bits per heavy atom. The lowest BCUT2D eigenvalue weighted by molar-refractivity contribution is 0.496. The van der Waals surface area contributed by atoms with E-state index in [9.17, 15) is 4.21 Å². The zero-order valence-electron chi connectivity index (χ0n) is 13.6. The van der Waals surface area contributed by atoms with Crippen LogP contribution in [0.1, 0.15) is 32.3 Å².